The Labute approximate surface area is 155 Å². The predicted octanol–water partition coefficient (Wildman–Crippen LogP) is 3.47. The van der Waals surface area contributed by atoms with Crippen molar-refractivity contribution in [2.45, 2.75) is 38.6 Å². The lowest BCUT2D eigenvalue weighted by atomic mass is 10.1. The van der Waals surface area contributed by atoms with Crippen molar-refractivity contribution >= 4 is 34.6 Å². The average molecular weight is 378 g/mol. The molecule has 1 amide bonds. The van der Waals surface area contributed by atoms with Crippen molar-refractivity contribution in [1.82, 2.24) is 16.2 Å². The van der Waals surface area contributed by atoms with E-state index in [1.165, 1.54) is 41.8 Å². The average Bonchev–Trinajstić information content (AvgIpc) is 2.90. The molecule has 3 rings (SSSR count). The smallest absolute Gasteiger partial charge is 0.279 e. The van der Waals surface area contributed by atoms with E-state index in [1.807, 2.05) is 6.07 Å². The number of hydrazine groups is 1. The van der Waals surface area contributed by atoms with Crippen LogP contribution < -0.4 is 16.2 Å². The van der Waals surface area contributed by atoms with Gasteiger partial charge in [-0.1, -0.05) is 18.6 Å². The molecule has 1 aliphatic rings. The maximum atomic E-state index is 12.9. The van der Waals surface area contributed by atoms with Gasteiger partial charge in [-0.25, -0.2) is 4.39 Å². The van der Waals surface area contributed by atoms with E-state index in [4.69, 9.17) is 12.2 Å². The van der Waals surface area contributed by atoms with Gasteiger partial charge in [-0.15, -0.1) is 11.3 Å². The second-order valence-corrected chi connectivity index (χ2v) is 7.55. The predicted molar refractivity (Wildman–Crippen MR) is 102 cm³/mol. The summed E-state index contributed by atoms with van der Waals surface area (Å²) >= 11 is 6.71. The lowest BCUT2D eigenvalue weighted by Gasteiger charge is -2.11. The van der Waals surface area contributed by atoms with Crippen molar-refractivity contribution in [1.29, 1.82) is 0 Å². The Morgan fingerprint density at radius 2 is 1.88 bits per heavy atom. The van der Waals surface area contributed by atoms with E-state index in [1.54, 1.807) is 23.5 Å². The number of amides is 1. The minimum atomic E-state index is -0.272. The first kappa shape index (κ1) is 17.8. The molecule has 1 heterocycles. The Hall–Kier alpha value is -1.99. The Bertz CT molecular complexity index is 735. The summed E-state index contributed by atoms with van der Waals surface area (Å²) in [6.07, 6.45) is 5.78. The lowest BCUT2D eigenvalue weighted by molar-refractivity contribution is 0.0947. The number of halogens is 1. The van der Waals surface area contributed by atoms with Crippen LogP contribution in [0.1, 0.15) is 44.9 Å². The number of rotatable bonds is 3. The molecule has 4 nitrogen and oxygen atoms in total. The van der Waals surface area contributed by atoms with Crippen molar-refractivity contribution in [3.63, 3.8) is 0 Å². The minimum absolute atomic E-state index is 0.177. The molecule has 0 unspecified atom stereocenters. The maximum Gasteiger partial charge on any atom is 0.279 e. The van der Waals surface area contributed by atoms with Crippen LogP contribution in [-0.4, -0.2) is 11.0 Å². The number of hydrogen-bond donors (Lipinski definition) is 3. The van der Waals surface area contributed by atoms with Gasteiger partial charge in [-0.05, 0) is 67.2 Å². The molecular weight excluding hydrogens is 357 g/mol. The molecule has 0 bridgehead atoms. The van der Waals surface area contributed by atoms with E-state index < -0.39 is 0 Å². The fourth-order valence-electron chi connectivity index (χ4n) is 2.78. The molecule has 0 radical (unpaired) electrons. The van der Waals surface area contributed by atoms with Gasteiger partial charge in [0.05, 0.1) is 4.88 Å². The van der Waals surface area contributed by atoms with Crippen LogP contribution in [0.5, 0.6) is 0 Å². The number of thiophene rings is 1. The molecule has 7 heteroatoms. The molecular formula is C18H20FN3OS2. The van der Waals surface area contributed by atoms with Crippen LogP contribution in [0.15, 0.2) is 30.3 Å². The maximum absolute atomic E-state index is 12.9. The fraction of sp³-hybridized carbons (Fsp3) is 0.333. The molecule has 132 valence electrons. The summed E-state index contributed by atoms with van der Waals surface area (Å²) in [5.74, 6) is -0.449. The van der Waals surface area contributed by atoms with Crippen LogP contribution >= 0.6 is 23.6 Å². The highest BCUT2D eigenvalue weighted by Gasteiger charge is 2.16. The summed E-state index contributed by atoms with van der Waals surface area (Å²) in [5.41, 5.74) is 7.55. The Kier molecular flexibility index (Phi) is 5.99. The van der Waals surface area contributed by atoms with Gasteiger partial charge < -0.3 is 5.32 Å². The van der Waals surface area contributed by atoms with Crippen LogP contribution in [-0.2, 0) is 19.4 Å². The molecule has 0 aliphatic heterocycles. The molecule has 25 heavy (non-hydrogen) atoms. The molecule has 1 aromatic heterocycles. The quantitative estimate of drug-likeness (QED) is 0.436. The fourth-order valence-corrected chi connectivity index (χ4v) is 4.06. The van der Waals surface area contributed by atoms with Crippen LogP contribution in [0.3, 0.4) is 0 Å². The number of carbonyl (C=O) groups excluding carboxylic acids is 1. The zero-order valence-electron chi connectivity index (χ0n) is 13.7. The number of benzene rings is 1. The lowest BCUT2D eigenvalue weighted by Crippen LogP contribution is -2.46. The third-order valence-electron chi connectivity index (χ3n) is 4.13. The molecule has 1 aliphatic carbocycles. The number of hydrogen-bond acceptors (Lipinski definition) is 3. The van der Waals surface area contributed by atoms with Gasteiger partial charge in [0.2, 0.25) is 0 Å². The van der Waals surface area contributed by atoms with E-state index in [9.17, 15) is 9.18 Å². The first-order valence-corrected chi connectivity index (χ1v) is 9.54. The summed E-state index contributed by atoms with van der Waals surface area (Å²) in [5, 5.41) is 3.28. The van der Waals surface area contributed by atoms with E-state index >= 15 is 0 Å². The first-order valence-electron chi connectivity index (χ1n) is 8.32. The molecule has 3 N–H and O–H groups in total. The zero-order chi connectivity index (χ0) is 17.6. The molecule has 0 fully saturated rings. The van der Waals surface area contributed by atoms with E-state index in [-0.39, 0.29) is 11.7 Å². The van der Waals surface area contributed by atoms with Gasteiger partial charge in [-0.3, -0.25) is 15.6 Å². The van der Waals surface area contributed by atoms with Crippen molar-refractivity contribution in [2.24, 2.45) is 0 Å². The van der Waals surface area contributed by atoms with Gasteiger partial charge >= 0.3 is 0 Å². The van der Waals surface area contributed by atoms with E-state index in [0.29, 0.717) is 16.5 Å². The molecule has 1 aromatic carbocycles. The number of aryl methyl sites for hydroxylation is 2. The van der Waals surface area contributed by atoms with Gasteiger partial charge in [0.1, 0.15) is 5.82 Å². The normalized spacial score (nSPS) is 13.5. The summed E-state index contributed by atoms with van der Waals surface area (Å²) in [7, 11) is 0. The highest BCUT2D eigenvalue weighted by molar-refractivity contribution is 7.80. The van der Waals surface area contributed by atoms with Crippen LogP contribution in [0, 0.1) is 5.82 Å². The number of thiocarbonyl (C=S) groups is 1. The van der Waals surface area contributed by atoms with E-state index in [0.717, 1.165) is 18.4 Å². The summed E-state index contributed by atoms with van der Waals surface area (Å²) in [4.78, 5) is 14.3. The largest absolute Gasteiger partial charge is 0.357 e. The van der Waals surface area contributed by atoms with Crippen molar-refractivity contribution < 1.29 is 9.18 Å². The Morgan fingerprint density at radius 1 is 1.12 bits per heavy atom. The summed E-state index contributed by atoms with van der Waals surface area (Å²) in [6, 6.07) is 8.16. The van der Waals surface area contributed by atoms with Crippen LogP contribution in [0.4, 0.5) is 4.39 Å². The number of carbonyl (C=O) groups is 1. The molecule has 0 saturated carbocycles. The SMILES string of the molecule is O=C(NNC(=S)NCc1ccc(F)cc1)c1cc2c(s1)CCCCC2. The standard InChI is InChI=1S/C18H20FN3OS2/c19-14-8-6-12(7-9-14)11-20-18(24)22-21-17(23)16-10-13-4-2-1-3-5-15(13)25-16/h6-10H,1-5,11H2,(H,21,23)(H2,20,22,24). The van der Waals surface area contributed by atoms with Crippen molar-refractivity contribution in [3.05, 3.63) is 57.0 Å². The second kappa shape index (κ2) is 8.40. The van der Waals surface area contributed by atoms with Gasteiger partial charge in [0.25, 0.3) is 5.91 Å². The third kappa shape index (κ3) is 4.99. The Balaban J connectivity index is 1.47. The molecule has 2 aromatic rings. The van der Waals surface area contributed by atoms with Crippen molar-refractivity contribution in [2.75, 3.05) is 0 Å². The summed E-state index contributed by atoms with van der Waals surface area (Å²) in [6.45, 7) is 0.454. The minimum Gasteiger partial charge on any atom is -0.357 e. The van der Waals surface area contributed by atoms with Crippen LogP contribution in [0.25, 0.3) is 0 Å². The van der Waals surface area contributed by atoms with Gasteiger partial charge in [0, 0.05) is 11.4 Å². The highest BCUT2D eigenvalue weighted by Crippen LogP contribution is 2.28. The number of nitrogens with one attached hydrogen (secondary N) is 3. The first-order chi connectivity index (χ1) is 12.1. The zero-order valence-corrected chi connectivity index (χ0v) is 15.4. The van der Waals surface area contributed by atoms with Gasteiger partial charge in [-0.2, -0.15) is 0 Å². The second-order valence-electron chi connectivity index (χ2n) is 6.01. The third-order valence-corrected chi connectivity index (χ3v) is 5.61. The van der Waals surface area contributed by atoms with Gasteiger partial charge in [0.15, 0.2) is 5.11 Å². The van der Waals surface area contributed by atoms with Crippen LogP contribution in [0.2, 0.25) is 0 Å². The van der Waals surface area contributed by atoms with E-state index in [2.05, 4.69) is 16.2 Å². The number of fused-ring (bicyclic) bond motifs is 1. The summed E-state index contributed by atoms with van der Waals surface area (Å²) < 4.78 is 12.9. The monoisotopic (exact) mass is 377 g/mol. The molecule has 0 atom stereocenters. The molecule has 0 spiro atoms. The van der Waals surface area contributed by atoms with Crippen molar-refractivity contribution in [3.8, 4) is 0 Å². The molecule has 0 saturated heterocycles. The topological polar surface area (TPSA) is 53.2 Å². The Morgan fingerprint density at radius 3 is 2.68 bits per heavy atom. The highest BCUT2D eigenvalue weighted by atomic mass is 32.1.